The normalized spacial score (nSPS) is 11.4. The highest BCUT2D eigenvalue weighted by atomic mass is 32.2. The van der Waals surface area contributed by atoms with Crippen LogP contribution >= 0.6 is 11.8 Å². The second kappa shape index (κ2) is 7.42. The number of nitrogens with zero attached hydrogens (tertiary/aromatic N) is 4. The molecule has 0 saturated carbocycles. The van der Waals surface area contributed by atoms with Gasteiger partial charge in [0, 0.05) is 18.1 Å². The van der Waals surface area contributed by atoms with Crippen LogP contribution in [0.1, 0.15) is 11.3 Å². The van der Waals surface area contributed by atoms with E-state index in [4.69, 9.17) is 0 Å². The predicted octanol–water partition coefficient (Wildman–Crippen LogP) is 4.77. The topological polar surface area (TPSA) is 52.2 Å². The average Bonchev–Trinajstić information content (AvgIpc) is 3.15. The zero-order valence-corrected chi connectivity index (χ0v) is 16.9. The number of fused-ring (bicyclic) bond motifs is 2. The number of para-hydroxylation sites is 2. The van der Waals surface area contributed by atoms with Crippen molar-refractivity contribution in [1.29, 1.82) is 0 Å². The maximum Gasteiger partial charge on any atom is 0.266 e. The van der Waals surface area contributed by atoms with Crippen molar-refractivity contribution in [2.24, 2.45) is 0 Å². The minimum Gasteiger partial charge on any atom is -0.307 e. The number of imidazole rings is 1. The van der Waals surface area contributed by atoms with Crippen molar-refractivity contribution in [3.8, 4) is 5.69 Å². The molecule has 3 heterocycles. The molecule has 5 rings (SSSR count). The summed E-state index contributed by atoms with van der Waals surface area (Å²) in [4.78, 5) is 22.5. The highest BCUT2D eigenvalue weighted by Gasteiger charge is 2.16. The van der Waals surface area contributed by atoms with E-state index in [9.17, 15) is 9.18 Å². The summed E-state index contributed by atoms with van der Waals surface area (Å²) < 4.78 is 17.9. The van der Waals surface area contributed by atoms with Crippen LogP contribution in [0.25, 0.3) is 22.2 Å². The first-order valence-corrected chi connectivity index (χ1v) is 10.4. The molecule has 0 spiro atoms. The maximum absolute atomic E-state index is 14.6. The van der Waals surface area contributed by atoms with E-state index in [0.29, 0.717) is 21.8 Å². The summed E-state index contributed by atoms with van der Waals surface area (Å²) in [5.41, 5.74) is 3.34. The van der Waals surface area contributed by atoms with Gasteiger partial charge in [0.1, 0.15) is 11.5 Å². The van der Waals surface area contributed by atoms with E-state index in [1.165, 1.54) is 22.4 Å². The highest BCUT2D eigenvalue weighted by molar-refractivity contribution is 7.98. The van der Waals surface area contributed by atoms with Crippen LogP contribution in [0, 0.1) is 12.7 Å². The molecular formula is C23H17FN4OS. The zero-order chi connectivity index (χ0) is 20.7. The van der Waals surface area contributed by atoms with Crippen LogP contribution in [0.4, 0.5) is 4.39 Å². The average molecular weight is 416 g/mol. The maximum atomic E-state index is 14.6. The number of aryl methyl sites for hydroxylation is 1. The van der Waals surface area contributed by atoms with Gasteiger partial charge in [-0.15, -0.1) is 0 Å². The molecule has 0 aliphatic carbocycles. The van der Waals surface area contributed by atoms with Gasteiger partial charge in [-0.2, -0.15) is 0 Å². The van der Waals surface area contributed by atoms with Gasteiger partial charge in [0.25, 0.3) is 5.56 Å². The second-order valence-electron chi connectivity index (χ2n) is 7.00. The fourth-order valence-electron chi connectivity index (χ4n) is 3.42. The van der Waals surface area contributed by atoms with Gasteiger partial charge >= 0.3 is 0 Å². The van der Waals surface area contributed by atoms with Gasteiger partial charge in [0.2, 0.25) is 0 Å². The molecule has 0 unspecified atom stereocenters. The smallest absolute Gasteiger partial charge is 0.266 e. The van der Waals surface area contributed by atoms with E-state index >= 15 is 0 Å². The first-order valence-electron chi connectivity index (χ1n) is 9.44. The molecule has 2 aromatic carbocycles. The summed E-state index contributed by atoms with van der Waals surface area (Å²) in [7, 11) is 0. The number of rotatable bonds is 4. The largest absolute Gasteiger partial charge is 0.307 e. The molecule has 5 nitrogen and oxygen atoms in total. The lowest BCUT2D eigenvalue weighted by atomic mass is 10.2. The Balaban J connectivity index is 1.61. The SMILES string of the molecule is Cc1ccc2nc(CSc3nc4ccccc4c(=O)n3-c3ccccc3F)cn2c1. The lowest BCUT2D eigenvalue weighted by Gasteiger charge is -2.13. The van der Waals surface area contributed by atoms with Crippen LogP contribution in [0.2, 0.25) is 0 Å². The Bertz CT molecular complexity index is 1460. The number of hydrogen-bond acceptors (Lipinski definition) is 4. The summed E-state index contributed by atoms with van der Waals surface area (Å²) in [6, 6.07) is 17.3. The van der Waals surface area contributed by atoms with Crippen LogP contribution in [0.15, 0.2) is 83.0 Å². The van der Waals surface area contributed by atoms with Crippen molar-refractivity contribution in [2.45, 2.75) is 17.8 Å². The van der Waals surface area contributed by atoms with Gasteiger partial charge in [-0.1, -0.05) is 42.1 Å². The van der Waals surface area contributed by atoms with Crippen molar-refractivity contribution in [1.82, 2.24) is 18.9 Å². The van der Waals surface area contributed by atoms with Gasteiger partial charge < -0.3 is 4.40 Å². The van der Waals surface area contributed by atoms with Crippen LogP contribution in [-0.4, -0.2) is 18.9 Å². The van der Waals surface area contributed by atoms with E-state index in [-0.39, 0.29) is 11.2 Å². The Morgan fingerprint density at radius 3 is 2.63 bits per heavy atom. The number of hydrogen-bond donors (Lipinski definition) is 0. The Morgan fingerprint density at radius 2 is 1.77 bits per heavy atom. The second-order valence-corrected chi connectivity index (χ2v) is 7.94. The highest BCUT2D eigenvalue weighted by Crippen LogP contribution is 2.25. The van der Waals surface area contributed by atoms with E-state index in [2.05, 4.69) is 9.97 Å². The Morgan fingerprint density at radius 1 is 0.967 bits per heavy atom. The van der Waals surface area contributed by atoms with Crippen molar-refractivity contribution >= 4 is 28.3 Å². The molecule has 0 N–H and O–H groups in total. The number of pyridine rings is 1. The molecular weight excluding hydrogens is 399 g/mol. The Kier molecular flexibility index (Phi) is 4.59. The molecule has 3 aromatic heterocycles. The monoisotopic (exact) mass is 416 g/mol. The van der Waals surface area contributed by atoms with Gasteiger partial charge in [-0.3, -0.25) is 9.36 Å². The molecule has 0 aliphatic rings. The third kappa shape index (κ3) is 3.27. The molecule has 0 aliphatic heterocycles. The van der Waals surface area contributed by atoms with Crippen LogP contribution in [0.3, 0.4) is 0 Å². The summed E-state index contributed by atoms with van der Waals surface area (Å²) in [5, 5.41) is 0.880. The summed E-state index contributed by atoms with van der Waals surface area (Å²) >= 11 is 1.36. The van der Waals surface area contributed by atoms with Crippen molar-refractivity contribution in [2.75, 3.05) is 0 Å². The molecule has 0 saturated heterocycles. The molecule has 5 aromatic rings. The molecule has 7 heteroatoms. The third-order valence-corrected chi connectivity index (χ3v) is 5.81. The van der Waals surface area contributed by atoms with E-state index in [1.54, 1.807) is 36.4 Å². The van der Waals surface area contributed by atoms with Crippen molar-refractivity contribution < 1.29 is 4.39 Å². The molecule has 30 heavy (non-hydrogen) atoms. The third-order valence-electron chi connectivity index (χ3n) is 4.84. The summed E-state index contributed by atoms with van der Waals surface area (Å²) in [6.45, 7) is 2.03. The van der Waals surface area contributed by atoms with Crippen molar-refractivity contribution in [3.63, 3.8) is 0 Å². The summed E-state index contributed by atoms with van der Waals surface area (Å²) in [6.07, 6.45) is 3.97. The number of thioether (sulfide) groups is 1. The minimum atomic E-state index is -0.471. The van der Waals surface area contributed by atoms with Gasteiger partial charge in [0.15, 0.2) is 5.16 Å². The standard InChI is InChI=1S/C23H17FN4OS/c1-15-10-11-21-25-16(13-27(21)12-15)14-30-23-26-19-8-4-2-6-17(19)22(29)28(23)20-9-5-3-7-18(20)24/h2-13H,14H2,1H3. The Labute approximate surface area is 175 Å². The first kappa shape index (κ1) is 18.6. The van der Waals surface area contributed by atoms with Gasteiger partial charge in [-0.25, -0.2) is 14.4 Å². The first-order chi connectivity index (χ1) is 14.6. The lowest BCUT2D eigenvalue weighted by Crippen LogP contribution is -2.22. The van der Waals surface area contributed by atoms with E-state index in [0.717, 1.165) is 16.9 Å². The fraction of sp³-hybridized carbons (Fsp3) is 0.0870. The molecule has 0 bridgehead atoms. The number of benzene rings is 2. The van der Waals surface area contributed by atoms with Crippen LogP contribution in [-0.2, 0) is 5.75 Å². The predicted molar refractivity (Wildman–Crippen MR) is 117 cm³/mol. The zero-order valence-electron chi connectivity index (χ0n) is 16.1. The Hall–Kier alpha value is -3.45. The van der Waals surface area contributed by atoms with Gasteiger partial charge in [0.05, 0.1) is 22.3 Å². The molecule has 0 fully saturated rings. The molecule has 0 amide bonds. The quantitative estimate of drug-likeness (QED) is 0.313. The summed E-state index contributed by atoms with van der Waals surface area (Å²) in [5.74, 6) is 0.0293. The number of aromatic nitrogens is 4. The molecule has 148 valence electrons. The van der Waals surface area contributed by atoms with Crippen molar-refractivity contribution in [3.05, 3.63) is 100 Å². The van der Waals surface area contributed by atoms with Crippen LogP contribution in [0.5, 0.6) is 0 Å². The lowest BCUT2D eigenvalue weighted by molar-refractivity contribution is 0.608. The van der Waals surface area contributed by atoms with Gasteiger partial charge in [-0.05, 0) is 42.8 Å². The van der Waals surface area contributed by atoms with Crippen LogP contribution < -0.4 is 5.56 Å². The van der Waals surface area contributed by atoms with E-state index < -0.39 is 5.82 Å². The fourth-order valence-corrected chi connectivity index (χ4v) is 4.31. The van der Waals surface area contributed by atoms with E-state index in [1.807, 2.05) is 41.9 Å². The molecule has 0 atom stereocenters. The molecule has 0 radical (unpaired) electrons. The minimum absolute atomic E-state index is 0.189. The number of halogens is 1.